The van der Waals surface area contributed by atoms with Crippen LogP contribution in [0.3, 0.4) is 0 Å². The lowest BCUT2D eigenvalue weighted by Gasteiger charge is -2.16. The minimum Gasteiger partial charge on any atom is -0.477 e. The summed E-state index contributed by atoms with van der Waals surface area (Å²) in [7, 11) is 0. The van der Waals surface area contributed by atoms with Gasteiger partial charge in [-0.25, -0.2) is 9.78 Å². The van der Waals surface area contributed by atoms with Gasteiger partial charge in [0, 0.05) is 6.07 Å². The van der Waals surface area contributed by atoms with E-state index in [1.54, 1.807) is 12.1 Å². The topological polar surface area (TPSA) is 59.4 Å². The Balaban J connectivity index is 1.84. The third kappa shape index (κ3) is 2.64. The highest BCUT2D eigenvalue weighted by atomic mass is 16.5. The third-order valence-electron chi connectivity index (χ3n) is 3.49. The van der Waals surface area contributed by atoms with Crippen LogP contribution in [0.4, 0.5) is 0 Å². The van der Waals surface area contributed by atoms with E-state index in [0.29, 0.717) is 11.6 Å². The average molecular weight is 269 g/mol. The Hall–Kier alpha value is -2.36. The number of ether oxygens (including phenoxy) is 1. The molecular weight excluding hydrogens is 254 g/mol. The first kappa shape index (κ1) is 12.7. The molecule has 1 aliphatic carbocycles. The van der Waals surface area contributed by atoms with Crippen molar-refractivity contribution in [2.24, 2.45) is 0 Å². The number of rotatable bonds is 3. The number of aromatic carboxylic acids is 1. The highest BCUT2D eigenvalue weighted by molar-refractivity contribution is 5.85. The predicted molar refractivity (Wildman–Crippen MR) is 74.4 cm³/mol. The van der Waals surface area contributed by atoms with E-state index in [1.165, 1.54) is 30.0 Å². The van der Waals surface area contributed by atoms with Gasteiger partial charge in [-0.05, 0) is 55.0 Å². The number of carboxylic acid groups (broad SMARTS) is 1. The molecule has 0 bridgehead atoms. The molecule has 0 amide bonds. The van der Waals surface area contributed by atoms with Crippen LogP contribution < -0.4 is 4.74 Å². The fraction of sp³-hybridized carbons (Fsp3) is 0.250. The van der Waals surface area contributed by atoms with Crippen molar-refractivity contribution in [3.63, 3.8) is 0 Å². The first-order valence-corrected chi connectivity index (χ1v) is 6.72. The third-order valence-corrected chi connectivity index (χ3v) is 3.49. The van der Waals surface area contributed by atoms with Crippen molar-refractivity contribution >= 4 is 5.97 Å². The maximum atomic E-state index is 10.9. The Kier molecular flexibility index (Phi) is 3.37. The number of benzene rings is 1. The zero-order valence-electron chi connectivity index (χ0n) is 11.0. The van der Waals surface area contributed by atoms with Crippen LogP contribution in [0, 0.1) is 0 Å². The molecule has 3 rings (SSSR count). The van der Waals surface area contributed by atoms with Gasteiger partial charge in [-0.15, -0.1) is 0 Å². The Labute approximate surface area is 117 Å². The summed E-state index contributed by atoms with van der Waals surface area (Å²) in [6, 6.07) is 10.8. The number of hydrogen-bond acceptors (Lipinski definition) is 3. The summed E-state index contributed by atoms with van der Waals surface area (Å²) in [5.74, 6) is -0.0396. The molecule has 4 nitrogen and oxygen atoms in total. The van der Waals surface area contributed by atoms with Crippen LogP contribution in [0.15, 0.2) is 36.4 Å². The fourth-order valence-corrected chi connectivity index (χ4v) is 2.48. The molecule has 1 aliphatic rings. The minimum absolute atomic E-state index is 0.0135. The molecule has 2 aromatic rings. The van der Waals surface area contributed by atoms with Crippen LogP contribution in [0.1, 0.15) is 34.5 Å². The number of hydrogen-bond donors (Lipinski definition) is 1. The van der Waals surface area contributed by atoms with Gasteiger partial charge in [0.1, 0.15) is 5.75 Å². The number of nitrogens with zero attached hydrogens (tertiary/aromatic N) is 1. The molecule has 0 unspecified atom stereocenters. The zero-order chi connectivity index (χ0) is 13.9. The van der Waals surface area contributed by atoms with Gasteiger partial charge in [-0.3, -0.25) is 0 Å². The lowest BCUT2D eigenvalue weighted by Crippen LogP contribution is -2.03. The van der Waals surface area contributed by atoms with E-state index in [2.05, 4.69) is 11.1 Å². The molecule has 0 saturated heterocycles. The Bertz CT molecular complexity index is 652. The van der Waals surface area contributed by atoms with Crippen molar-refractivity contribution in [3.8, 4) is 11.6 Å². The molecule has 1 aromatic carbocycles. The van der Waals surface area contributed by atoms with Gasteiger partial charge >= 0.3 is 5.97 Å². The molecule has 1 aromatic heterocycles. The van der Waals surface area contributed by atoms with Gasteiger partial charge in [-0.2, -0.15) is 0 Å². The Morgan fingerprint density at radius 1 is 1.10 bits per heavy atom. The van der Waals surface area contributed by atoms with Gasteiger partial charge in [0.25, 0.3) is 0 Å². The largest absolute Gasteiger partial charge is 0.477 e. The van der Waals surface area contributed by atoms with Crippen molar-refractivity contribution in [1.82, 2.24) is 4.98 Å². The molecular formula is C16H15NO3. The van der Waals surface area contributed by atoms with Gasteiger partial charge < -0.3 is 9.84 Å². The minimum atomic E-state index is -1.05. The van der Waals surface area contributed by atoms with E-state index in [-0.39, 0.29) is 5.69 Å². The van der Waals surface area contributed by atoms with Crippen molar-refractivity contribution in [2.75, 3.05) is 0 Å². The second-order valence-electron chi connectivity index (χ2n) is 4.91. The Morgan fingerprint density at radius 3 is 2.70 bits per heavy atom. The molecule has 0 aliphatic heterocycles. The highest BCUT2D eigenvalue weighted by Crippen LogP contribution is 2.27. The number of aryl methyl sites for hydroxylation is 2. The van der Waals surface area contributed by atoms with Crippen LogP contribution in [-0.2, 0) is 12.8 Å². The quantitative estimate of drug-likeness (QED) is 0.927. The molecule has 1 N–H and O–H groups in total. The smallest absolute Gasteiger partial charge is 0.354 e. The monoisotopic (exact) mass is 269 g/mol. The summed E-state index contributed by atoms with van der Waals surface area (Å²) < 4.78 is 5.66. The number of fused-ring (bicyclic) bond motifs is 1. The highest BCUT2D eigenvalue weighted by Gasteiger charge is 2.11. The zero-order valence-corrected chi connectivity index (χ0v) is 11.0. The van der Waals surface area contributed by atoms with Gasteiger partial charge in [0.15, 0.2) is 5.69 Å². The van der Waals surface area contributed by atoms with E-state index in [4.69, 9.17) is 9.84 Å². The SMILES string of the molecule is O=C(O)c1cccc(Oc2ccc3c(c2)CCCC3)n1. The Morgan fingerprint density at radius 2 is 1.90 bits per heavy atom. The van der Waals surface area contributed by atoms with Crippen LogP contribution >= 0.6 is 0 Å². The van der Waals surface area contributed by atoms with Crippen molar-refractivity contribution in [2.45, 2.75) is 25.7 Å². The second kappa shape index (κ2) is 5.33. The lowest BCUT2D eigenvalue weighted by atomic mass is 9.92. The maximum Gasteiger partial charge on any atom is 0.354 e. The molecule has 102 valence electrons. The summed E-state index contributed by atoms with van der Waals surface area (Å²) in [5.41, 5.74) is 2.69. The molecule has 4 heteroatoms. The summed E-state index contributed by atoms with van der Waals surface area (Å²) in [5, 5.41) is 8.92. The van der Waals surface area contributed by atoms with Gasteiger partial charge in [-0.1, -0.05) is 12.1 Å². The molecule has 0 radical (unpaired) electrons. The lowest BCUT2D eigenvalue weighted by molar-refractivity contribution is 0.0689. The second-order valence-corrected chi connectivity index (χ2v) is 4.91. The predicted octanol–water partition coefficient (Wildman–Crippen LogP) is 3.45. The van der Waals surface area contributed by atoms with Gasteiger partial charge in [0.05, 0.1) is 0 Å². The van der Waals surface area contributed by atoms with Crippen LogP contribution in [0.2, 0.25) is 0 Å². The summed E-state index contributed by atoms with van der Waals surface area (Å²) >= 11 is 0. The molecule has 0 saturated carbocycles. The normalized spacial score (nSPS) is 13.6. The van der Waals surface area contributed by atoms with Crippen molar-refractivity contribution < 1.29 is 14.6 Å². The molecule has 1 heterocycles. The van der Waals surface area contributed by atoms with E-state index in [1.807, 2.05) is 12.1 Å². The first-order valence-electron chi connectivity index (χ1n) is 6.72. The van der Waals surface area contributed by atoms with E-state index in [9.17, 15) is 4.79 Å². The van der Waals surface area contributed by atoms with E-state index in [0.717, 1.165) is 12.8 Å². The average Bonchev–Trinajstić information content (AvgIpc) is 2.47. The molecule has 0 spiro atoms. The standard InChI is InChI=1S/C16H15NO3/c18-16(19)14-6-3-7-15(17-14)20-13-9-8-11-4-1-2-5-12(11)10-13/h3,6-10H,1-2,4-5H2,(H,18,19). The number of aromatic nitrogens is 1. The summed E-state index contributed by atoms with van der Waals surface area (Å²) in [6.07, 6.45) is 4.66. The molecule has 0 fully saturated rings. The summed E-state index contributed by atoms with van der Waals surface area (Å²) in [4.78, 5) is 14.8. The first-order chi connectivity index (χ1) is 9.72. The summed E-state index contributed by atoms with van der Waals surface area (Å²) in [6.45, 7) is 0. The van der Waals surface area contributed by atoms with Crippen LogP contribution in [0.25, 0.3) is 0 Å². The van der Waals surface area contributed by atoms with Gasteiger partial charge in [0.2, 0.25) is 5.88 Å². The van der Waals surface area contributed by atoms with Crippen molar-refractivity contribution in [1.29, 1.82) is 0 Å². The fourth-order valence-electron chi connectivity index (χ4n) is 2.48. The van der Waals surface area contributed by atoms with E-state index < -0.39 is 5.97 Å². The maximum absolute atomic E-state index is 10.9. The number of carboxylic acids is 1. The van der Waals surface area contributed by atoms with E-state index >= 15 is 0 Å². The number of pyridine rings is 1. The van der Waals surface area contributed by atoms with Crippen LogP contribution in [-0.4, -0.2) is 16.1 Å². The van der Waals surface area contributed by atoms with Crippen LogP contribution in [0.5, 0.6) is 11.6 Å². The molecule has 20 heavy (non-hydrogen) atoms. The number of carbonyl (C=O) groups is 1. The van der Waals surface area contributed by atoms with Crippen molar-refractivity contribution in [3.05, 3.63) is 53.2 Å². The molecule has 0 atom stereocenters.